The maximum Gasteiger partial charge on any atom is 0.416 e. The number of nitrogens with two attached hydrogens (primary N) is 2. The summed E-state index contributed by atoms with van der Waals surface area (Å²) in [6.07, 6.45) is -7.25. The van der Waals surface area contributed by atoms with Gasteiger partial charge in [-0.3, -0.25) is 5.84 Å². The fourth-order valence-corrected chi connectivity index (χ4v) is 2.13. The predicted molar refractivity (Wildman–Crippen MR) is 92.2 cm³/mol. The van der Waals surface area contributed by atoms with Crippen LogP contribution in [0, 0.1) is 0 Å². The molecule has 0 saturated carbocycles. The third-order valence-corrected chi connectivity index (χ3v) is 3.45. The van der Waals surface area contributed by atoms with Gasteiger partial charge in [-0.15, -0.1) is 0 Å². The molecule has 28 heavy (non-hydrogen) atoms. The van der Waals surface area contributed by atoms with Gasteiger partial charge in [0.05, 0.1) is 23.0 Å². The van der Waals surface area contributed by atoms with Crippen molar-refractivity contribution in [3.63, 3.8) is 0 Å². The third-order valence-electron chi connectivity index (χ3n) is 3.45. The standard InChI is InChI=1S/C10H8F3N3.C7H7F3N2/c11-10(12,13)7-2-1-3-8(6-7)16-9(14)4-5-15-16;8-7(9,10)5-2-1-3-6(4-5)12-11/h1-6H,14H2;1-4,12H,11H2. The first kappa shape index (κ1) is 21.1. The van der Waals surface area contributed by atoms with E-state index < -0.39 is 23.5 Å². The SMILES string of the molecule is NNc1cccc(C(F)(F)F)c1.Nc1ccnn1-c1cccc(C(F)(F)F)c1. The van der Waals surface area contributed by atoms with Gasteiger partial charge in [0, 0.05) is 11.8 Å². The van der Waals surface area contributed by atoms with Gasteiger partial charge in [0.25, 0.3) is 0 Å². The number of benzene rings is 2. The summed E-state index contributed by atoms with van der Waals surface area (Å²) in [7, 11) is 0. The lowest BCUT2D eigenvalue weighted by molar-refractivity contribution is -0.138. The first-order valence-electron chi connectivity index (χ1n) is 7.63. The molecule has 0 bridgehead atoms. The molecule has 0 aliphatic heterocycles. The number of nitrogens with zero attached hydrogens (tertiary/aromatic N) is 2. The first-order valence-corrected chi connectivity index (χ1v) is 7.63. The summed E-state index contributed by atoms with van der Waals surface area (Å²) >= 11 is 0. The molecular formula is C17H15F6N5. The van der Waals surface area contributed by atoms with Crippen LogP contribution in [-0.4, -0.2) is 9.78 Å². The summed E-state index contributed by atoms with van der Waals surface area (Å²) < 4.78 is 74.7. The molecule has 0 spiro atoms. The van der Waals surface area contributed by atoms with Crippen LogP contribution < -0.4 is 17.0 Å². The van der Waals surface area contributed by atoms with Gasteiger partial charge in [0.15, 0.2) is 0 Å². The Bertz CT molecular complexity index is 917. The highest BCUT2D eigenvalue weighted by atomic mass is 19.4. The lowest BCUT2D eigenvalue weighted by Crippen LogP contribution is -2.09. The molecule has 0 atom stereocenters. The molecule has 0 fully saturated rings. The lowest BCUT2D eigenvalue weighted by Gasteiger charge is -2.09. The highest BCUT2D eigenvalue weighted by Crippen LogP contribution is 2.31. The van der Waals surface area contributed by atoms with Gasteiger partial charge >= 0.3 is 12.4 Å². The van der Waals surface area contributed by atoms with Crippen molar-refractivity contribution in [1.82, 2.24) is 9.78 Å². The van der Waals surface area contributed by atoms with E-state index >= 15 is 0 Å². The number of hydrazine groups is 1. The number of halogens is 6. The topological polar surface area (TPSA) is 81.9 Å². The summed E-state index contributed by atoms with van der Waals surface area (Å²) in [6, 6.07) is 11.0. The lowest BCUT2D eigenvalue weighted by atomic mass is 10.2. The van der Waals surface area contributed by atoms with Crippen molar-refractivity contribution < 1.29 is 26.3 Å². The molecule has 5 nitrogen and oxygen atoms in total. The molecule has 5 N–H and O–H groups in total. The minimum absolute atomic E-state index is 0.241. The van der Waals surface area contributed by atoms with E-state index in [1.165, 1.54) is 41.2 Å². The number of rotatable bonds is 2. The average Bonchev–Trinajstić information content (AvgIpc) is 3.07. The largest absolute Gasteiger partial charge is 0.416 e. The Labute approximate surface area is 155 Å². The van der Waals surface area contributed by atoms with Crippen LogP contribution >= 0.6 is 0 Å². The van der Waals surface area contributed by atoms with Crippen molar-refractivity contribution in [3.8, 4) is 5.69 Å². The van der Waals surface area contributed by atoms with E-state index in [-0.39, 0.29) is 11.4 Å². The molecule has 0 aliphatic carbocycles. The van der Waals surface area contributed by atoms with Crippen LogP contribution in [0.4, 0.5) is 37.8 Å². The number of anilines is 2. The van der Waals surface area contributed by atoms with Crippen LogP contribution in [0.15, 0.2) is 60.8 Å². The average molecular weight is 403 g/mol. The second-order valence-electron chi connectivity index (χ2n) is 5.44. The molecule has 1 aromatic heterocycles. The second kappa shape index (κ2) is 8.21. The van der Waals surface area contributed by atoms with Crippen LogP contribution in [0.5, 0.6) is 0 Å². The summed E-state index contributed by atoms with van der Waals surface area (Å²) in [5, 5.41) is 3.83. The Morgan fingerprint density at radius 1 is 0.821 bits per heavy atom. The van der Waals surface area contributed by atoms with E-state index in [0.717, 1.165) is 24.3 Å². The molecule has 0 aliphatic rings. The minimum atomic E-state index is -4.36. The molecule has 2 aromatic carbocycles. The normalized spacial score (nSPS) is 11.5. The van der Waals surface area contributed by atoms with E-state index in [9.17, 15) is 26.3 Å². The van der Waals surface area contributed by atoms with E-state index in [1.807, 2.05) is 0 Å². The summed E-state index contributed by atoms with van der Waals surface area (Å²) in [6.45, 7) is 0. The van der Waals surface area contributed by atoms with Gasteiger partial charge in [-0.25, -0.2) is 4.68 Å². The zero-order valence-corrected chi connectivity index (χ0v) is 14.1. The van der Waals surface area contributed by atoms with E-state index in [0.29, 0.717) is 5.82 Å². The van der Waals surface area contributed by atoms with E-state index in [4.69, 9.17) is 11.6 Å². The molecule has 11 heteroatoms. The summed E-state index contributed by atoms with van der Waals surface area (Å²) in [5.74, 6) is 5.24. The van der Waals surface area contributed by atoms with Crippen molar-refractivity contribution in [2.24, 2.45) is 5.84 Å². The Kier molecular flexibility index (Phi) is 6.19. The van der Waals surface area contributed by atoms with Gasteiger partial charge in [0.1, 0.15) is 5.82 Å². The molecule has 0 radical (unpaired) electrons. The fourth-order valence-electron chi connectivity index (χ4n) is 2.13. The van der Waals surface area contributed by atoms with Crippen molar-refractivity contribution in [2.45, 2.75) is 12.4 Å². The molecular weight excluding hydrogens is 388 g/mol. The predicted octanol–water partition coefficient (Wildman–Crippen LogP) is 4.46. The molecule has 0 unspecified atom stereocenters. The third kappa shape index (κ3) is 5.39. The maximum absolute atomic E-state index is 12.4. The smallest absolute Gasteiger partial charge is 0.384 e. The number of aromatic nitrogens is 2. The van der Waals surface area contributed by atoms with Crippen LogP contribution in [-0.2, 0) is 12.4 Å². The Hall–Kier alpha value is -3.21. The number of nitrogens with one attached hydrogen (secondary N) is 1. The van der Waals surface area contributed by atoms with E-state index in [1.54, 1.807) is 0 Å². The Balaban J connectivity index is 0.000000209. The molecule has 3 rings (SSSR count). The van der Waals surface area contributed by atoms with Crippen LogP contribution in [0.1, 0.15) is 11.1 Å². The monoisotopic (exact) mass is 403 g/mol. The Morgan fingerprint density at radius 3 is 1.89 bits per heavy atom. The molecule has 3 aromatic rings. The van der Waals surface area contributed by atoms with Gasteiger partial charge < -0.3 is 11.2 Å². The summed E-state index contributed by atoms with van der Waals surface area (Å²) in [4.78, 5) is 0. The molecule has 1 heterocycles. The van der Waals surface area contributed by atoms with E-state index in [2.05, 4.69) is 10.5 Å². The van der Waals surface area contributed by atoms with Crippen molar-refractivity contribution >= 4 is 11.5 Å². The number of hydrogen-bond donors (Lipinski definition) is 3. The van der Waals surface area contributed by atoms with Gasteiger partial charge in [-0.1, -0.05) is 12.1 Å². The second-order valence-corrected chi connectivity index (χ2v) is 5.44. The molecule has 0 amide bonds. The highest BCUT2D eigenvalue weighted by Gasteiger charge is 2.31. The zero-order valence-electron chi connectivity index (χ0n) is 14.1. The maximum atomic E-state index is 12.4. The fraction of sp³-hybridized carbons (Fsp3) is 0.118. The van der Waals surface area contributed by atoms with Gasteiger partial charge in [0.2, 0.25) is 0 Å². The van der Waals surface area contributed by atoms with Crippen LogP contribution in [0.25, 0.3) is 5.69 Å². The van der Waals surface area contributed by atoms with Crippen LogP contribution in [0.3, 0.4) is 0 Å². The summed E-state index contributed by atoms with van der Waals surface area (Å²) in [5.41, 5.74) is 6.79. The zero-order chi connectivity index (χ0) is 20.9. The van der Waals surface area contributed by atoms with Crippen molar-refractivity contribution in [1.29, 1.82) is 0 Å². The minimum Gasteiger partial charge on any atom is -0.384 e. The number of hydrogen-bond acceptors (Lipinski definition) is 4. The van der Waals surface area contributed by atoms with Crippen molar-refractivity contribution in [2.75, 3.05) is 11.2 Å². The first-order chi connectivity index (χ1) is 13.0. The van der Waals surface area contributed by atoms with Gasteiger partial charge in [-0.2, -0.15) is 31.4 Å². The van der Waals surface area contributed by atoms with Gasteiger partial charge in [-0.05, 0) is 36.4 Å². The molecule has 150 valence electrons. The number of nitrogen functional groups attached to an aromatic ring is 2. The quantitative estimate of drug-likeness (QED) is 0.335. The highest BCUT2D eigenvalue weighted by molar-refractivity contribution is 5.45. The van der Waals surface area contributed by atoms with Crippen LogP contribution in [0.2, 0.25) is 0 Å². The van der Waals surface area contributed by atoms with Crippen molar-refractivity contribution in [3.05, 3.63) is 71.9 Å². The molecule has 0 saturated heterocycles. The Morgan fingerprint density at radius 2 is 1.39 bits per heavy atom. The number of alkyl halides is 6.